The molecule has 0 N–H and O–H groups in total. The van der Waals surface area contributed by atoms with Gasteiger partial charge in [0.05, 0.1) is 0 Å². The zero-order valence-corrected chi connectivity index (χ0v) is 11.2. The lowest BCUT2D eigenvalue weighted by Gasteiger charge is -2.15. The van der Waals surface area contributed by atoms with Crippen LogP contribution < -0.4 is 0 Å². The van der Waals surface area contributed by atoms with Crippen molar-refractivity contribution in [2.75, 3.05) is 0 Å². The van der Waals surface area contributed by atoms with Gasteiger partial charge in [0, 0.05) is 6.42 Å². The summed E-state index contributed by atoms with van der Waals surface area (Å²) in [5.41, 5.74) is 2.58. The first-order valence-electron chi connectivity index (χ1n) is 6.10. The summed E-state index contributed by atoms with van der Waals surface area (Å²) in [6.07, 6.45) is 3.16. The molecule has 0 aliphatic heterocycles. The van der Waals surface area contributed by atoms with Crippen molar-refractivity contribution in [1.29, 1.82) is 0 Å². The number of hydrogen-bond acceptors (Lipinski definition) is 3. The molecule has 0 fully saturated rings. The van der Waals surface area contributed by atoms with Gasteiger partial charge in [-0.2, -0.15) is 9.59 Å². The van der Waals surface area contributed by atoms with E-state index in [1.165, 1.54) is 11.1 Å². The van der Waals surface area contributed by atoms with Crippen LogP contribution in [-0.4, -0.2) is 11.9 Å². The third-order valence-corrected chi connectivity index (χ3v) is 2.72. The minimum absolute atomic E-state index is 0.250. The van der Waals surface area contributed by atoms with Gasteiger partial charge in [-0.15, -0.1) is 0 Å². The average molecular weight is 248 g/mol. The number of hydrogen-bond donors (Lipinski definition) is 0. The highest BCUT2D eigenvalue weighted by atomic mass is 16.2. The van der Waals surface area contributed by atoms with Crippen LogP contribution in [0.5, 0.6) is 0 Å². The van der Waals surface area contributed by atoms with E-state index in [2.05, 4.69) is 38.1 Å². The van der Waals surface area contributed by atoms with Crippen LogP contribution in [0.1, 0.15) is 50.2 Å². The monoisotopic (exact) mass is 248 g/mol. The maximum Gasteiger partial charge on any atom is 0.373 e. The van der Waals surface area contributed by atoms with Crippen LogP contribution in [0.3, 0.4) is 0 Å². The second-order valence-electron chi connectivity index (χ2n) is 4.39. The molecule has 18 heavy (non-hydrogen) atoms. The molecule has 0 bridgehead atoms. The number of Topliss-reactive ketones (excluding diaryl/α,β-unsaturated/α-hetero) is 1. The summed E-state index contributed by atoms with van der Waals surface area (Å²) in [6, 6.07) is 8.55. The number of carbonyl (C=O) groups is 1. The molecule has 0 radical (unpaired) electrons. The summed E-state index contributed by atoms with van der Waals surface area (Å²) in [5, 5.41) is 0. The molecule has 1 rings (SSSR count). The van der Waals surface area contributed by atoms with Gasteiger partial charge in [0.2, 0.25) is 0 Å². The zero-order chi connectivity index (χ0) is 14.0. The number of carbonyl (C=O) groups excluding carboxylic acids is 3. The first-order chi connectivity index (χ1) is 8.54. The van der Waals surface area contributed by atoms with E-state index < -0.39 is 0 Å². The second kappa shape index (κ2) is 9.32. The molecule has 0 saturated carbocycles. The summed E-state index contributed by atoms with van der Waals surface area (Å²) < 4.78 is 0. The SMILES string of the molecule is CCC[C@H](CC(C)=O)c1ccc(C)cc1.O=C=O. The number of aryl methyl sites for hydroxylation is 1. The summed E-state index contributed by atoms with van der Waals surface area (Å²) in [7, 11) is 0. The van der Waals surface area contributed by atoms with Gasteiger partial charge < -0.3 is 4.79 Å². The largest absolute Gasteiger partial charge is 0.373 e. The fourth-order valence-electron chi connectivity index (χ4n) is 1.92. The van der Waals surface area contributed by atoms with Crippen molar-refractivity contribution in [3.8, 4) is 0 Å². The molecule has 98 valence electrons. The van der Waals surface area contributed by atoms with Gasteiger partial charge in [-0.25, -0.2) is 0 Å². The van der Waals surface area contributed by atoms with Gasteiger partial charge in [-0.1, -0.05) is 43.2 Å². The second-order valence-corrected chi connectivity index (χ2v) is 4.39. The van der Waals surface area contributed by atoms with E-state index in [0.717, 1.165) is 12.8 Å². The normalized spacial score (nSPS) is 10.8. The third kappa shape index (κ3) is 6.77. The molecule has 3 nitrogen and oxygen atoms in total. The Balaban J connectivity index is 0.000000873. The minimum Gasteiger partial charge on any atom is -0.300 e. The van der Waals surface area contributed by atoms with Gasteiger partial charge in [-0.05, 0) is 31.7 Å². The molecular formula is C15H20O3. The van der Waals surface area contributed by atoms with Crippen LogP contribution in [0, 0.1) is 6.92 Å². The smallest absolute Gasteiger partial charge is 0.300 e. The van der Waals surface area contributed by atoms with E-state index in [0.29, 0.717) is 12.3 Å². The van der Waals surface area contributed by atoms with Crippen LogP contribution in [0.2, 0.25) is 0 Å². The Morgan fingerprint density at radius 3 is 2.11 bits per heavy atom. The van der Waals surface area contributed by atoms with Crippen molar-refractivity contribution in [3.05, 3.63) is 35.4 Å². The molecular weight excluding hydrogens is 228 g/mol. The molecule has 0 heterocycles. The molecule has 0 saturated heterocycles. The Kier molecular flexibility index (Phi) is 8.42. The van der Waals surface area contributed by atoms with Gasteiger partial charge in [-0.3, -0.25) is 0 Å². The zero-order valence-electron chi connectivity index (χ0n) is 11.2. The van der Waals surface area contributed by atoms with Gasteiger partial charge in [0.1, 0.15) is 5.78 Å². The molecule has 0 spiro atoms. The molecule has 1 atom stereocenters. The highest BCUT2D eigenvalue weighted by Crippen LogP contribution is 2.25. The van der Waals surface area contributed by atoms with Gasteiger partial charge >= 0.3 is 6.15 Å². The lowest BCUT2D eigenvalue weighted by atomic mass is 9.90. The fourth-order valence-corrected chi connectivity index (χ4v) is 1.92. The molecule has 3 heteroatoms. The summed E-state index contributed by atoms with van der Waals surface area (Å²) >= 11 is 0. The lowest BCUT2D eigenvalue weighted by Crippen LogP contribution is -2.04. The summed E-state index contributed by atoms with van der Waals surface area (Å²) in [5.74, 6) is 0.696. The molecule has 0 aromatic heterocycles. The highest BCUT2D eigenvalue weighted by Gasteiger charge is 2.12. The van der Waals surface area contributed by atoms with E-state index in [-0.39, 0.29) is 11.9 Å². The maximum atomic E-state index is 11.2. The number of ketones is 1. The maximum absolute atomic E-state index is 11.2. The quantitative estimate of drug-likeness (QED) is 0.803. The first kappa shape index (κ1) is 16.3. The first-order valence-corrected chi connectivity index (χ1v) is 6.10. The predicted molar refractivity (Wildman–Crippen MR) is 69.1 cm³/mol. The molecule has 1 aromatic rings. The Hall–Kier alpha value is -1.73. The highest BCUT2D eigenvalue weighted by molar-refractivity contribution is 5.76. The molecule has 0 amide bonds. The molecule has 0 aliphatic rings. The fraction of sp³-hybridized carbons (Fsp3) is 0.467. The number of benzene rings is 1. The molecule has 0 unspecified atom stereocenters. The summed E-state index contributed by atoms with van der Waals surface area (Å²) in [4.78, 5) is 27.4. The van der Waals surface area contributed by atoms with Crippen LogP contribution in [0.4, 0.5) is 0 Å². The van der Waals surface area contributed by atoms with Gasteiger partial charge in [0.25, 0.3) is 0 Å². The van der Waals surface area contributed by atoms with E-state index >= 15 is 0 Å². The van der Waals surface area contributed by atoms with Gasteiger partial charge in [0.15, 0.2) is 0 Å². The summed E-state index contributed by atoms with van der Waals surface area (Å²) in [6.45, 7) is 5.93. The molecule has 1 aromatic carbocycles. The van der Waals surface area contributed by atoms with E-state index in [9.17, 15) is 4.79 Å². The standard InChI is InChI=1S/C14H20O.CO2/c1-4-5-14(10-12(3)15)13-8-6-11(2)7-9-13;2-1-3/h6-9,14H,4-5,10H2,1-3H3;/t14-;/m1./s1. The minimum atomic E-state index is 0.250. The van der Waals surface area contributed by atoms with Crippen LogP contribution >= 0.6 is 0 Å². The Labute approximate surface area is 108 Å². The van der Waals surface area contributed by atoms with Crippen molar-refractivity contribution in [2.24, 2.45) is 0 Å². The van der Waals surface area contributed by atoms with Crippen molar-refractivity contribution < 1.29 is 14.4 Å². The Bertz CT molecular complexity index is 387. The van der Waals surface area contributed by atoms with Crippen molar-refractivity contribution >= 4 is 11.9 Å². The van der Waals surface area contributed by atoms with Crippen LogP contribution in [-0.2, 0) is 14.4 Å². The third-order valence-electron chi connectivity index (χ3n) is 2.72. The van der Waals surface area contributed by atoms with Crippen LogP contribution in [0.15, 0.2) is 24.3 Å². The Morgan fingerprint density at radius 1 is 1.22 bits per heavy atom. The van der Waals surface area contributed by atoms with Crippen molar-refractivity contribution in [3.63, 3.8) is 0 Å². The molecule has 0 aliphatic carbocycles. The Morgan fingerprint density at radius 2 is 1.72 bits per heavy atom. The van der Waals surface area contributed by atoms with Crippen molar-refractivity contribution in [2.45, 2.75) is 46.0 Å². The van der Waals surface area contributed by atoms with Crippen molar-refractivity contribution in [1.82, 2.24) is 0 Å². The number of rotatable bonds is 5. The van der Waals surface area contributed by atoms with E-state index in [1.54, 1.807) is 6.92 Å². The van der Waals surface area contributed by atoms with E-state index in [4.69, 9.17) is 9.59 Å². The van der Waals surface area contributed by atoms with E-state index in [1.807, 2.05) is 0 Å². The lowest BCUT2D eigenvalue weighted by molar-refractivity contribution is -0.191. The predicted octanol–water partition coefficient (Wildman–Crippen LogP) is 3.27. The van der Waals surface area contributed by atoms with Crippen LogP contribution in [0.25, 0.3) is 0 Å². The average Bonchev–Trinajstić information content (AvgIpc) is 2.30. The topological polar surface area (TPSA) is 51.2 Å².